The molecule has 1 heterocycles. The van der Waals surface area contributed by atoms with Gasteiger partial charge < -0.3 is 14.7 Å². The molecular formula is C10H19N3O5. The van der Waals surface area contributed by atoms with Gasteiger partial charge in [-0.15, -0.1) is 5.01 Å². The zero-order chi connectivity index (χ0) is 13.8. The molecule has 1 aliphatic rings. The fourth-order valence-electron chi connectivity index (χ4n) is 1.06. The highest BCUT2D eigenvalue weighted by molar-refractivity contribution is 5.60. The molecular weight excluding hydrogens is 242 g/mol. The summed E-state index contributed by atoms with van der Waals surface area (Å²) >= 11 is 0. The third-order valence-electron chi connectivity index (χ3n) is 1.99. The standard InChI is InChI=1S/C10H19N3O5/c1-8(16-9(14)17-10(2,3)4)18-11-13(15)12-6-5-7-12/h8H,5-7H2,1-4H3/b13-11-. The van der Waals surface area contributed by atoms with Crippen LogP contribution >= 0.6 is 0 Å². The maximum atomic E-state index is 11.2. The summed E-state index contributed by atoms with van der Waals surface area (Å²) in [5.74, 6) is 0. The van der Waals surface area contributed by atoms with Crippen molar-refractivity contribution in [2.24, 2.45) is 5.28 Å². The first kappa shape index (κ1) is 14.3. The minimum atomic E-state index is -0.988. The summed E-state index contributed by atoms with van der Waals surface area (Å²) in [5.41, 5.74) is -0.643. The van der Waals surface area contributed by atoms with Gasteiger partial charge in [-0.25, -0.2) is 4.79 Å². The molecule has 1 aliphatic heterocycles. The lowest BCUT2D eigenvalue weighted by Crippen LogP contribution is -2.42. The van der Waals surface area contributed by atoms with Crippen LogP contribution in [0.5, 0.6) is 0 Å². The summed E-state index contributed by atoms with van der Waals surface area (Å²) in [6.07, 6.45) is -0.901. The molecule has 104 valence electrons. The fourth-order valence-corrected chi connectivity index (χ4v) is 1.06. The van der Waals surface area contributed by atoms with Crippen LogP contribution in [0.25, 0.3) is 0 Å². The van der Waals surface area contributed by atoms with E-state index in [4.69, 9.17) is 14.3 Å². The van der Waals surface area contributed by atoms with Gasteiger partial charge in [0, 0.05) is 6.92 Å². The zero-order valence-corrected chi connectivity index (χ0v) is 11.1. The Morgan fingerprint density at radius 3 is 2.50 bits per heavy atom. The van der Waals surface area contributed by atoms with Gasteiger partial charge in [0.05, 0.1) is 18.1 Å². The second kappa shape index (κ2) is 5.74. The quantitative estimate of drug-likeness (QED) is 0.252. The van der Waals surface area contributed by atoms with Crippen LogP contribution in [-0.2, 0) is 14.3 Å². The summed E-state index contributed by atoms with van der Waals surface area (Å²) in [4.78, 5) is 16.3. The monoisotopic (exact) mass is 261 g/mol. The van der Waals surface area contributed by atoms with Crippen molar-refractivity contribution < 1.29 is 24.1 Å². The molecule has 0 radical (unpaired) electrons. The lowest BCUT2D eigenvalue weighted by molar-refractivity contribution is -0.724. The second-order valence-corrected chi connectivity index (χ2v) is 4.90. The minimum absolute atomic E-state index is 0.346. The van der Waals surface area contributed by atoms with Crippen molar-refractivity contribution in [2.75, 3.05) is 13.1 Å². The molecule has 8 heteroatoms. The fraction of sp³-hybridized carbons (Fsp3) is 0.900. The average Bonchev–Trinajstić information content (AvgIpc) is 2.08. The Morgan fingerprint density at radius 2 is 2.06 bits per heavy atom. The number of hydrazine groups is 1. The minimum Gasteiger partial charge on any atom is -0.569 e. The van der Waals surface area contributed by atoms with E-state index >= 15 is 0 Å². The Hall–Kier alpha value is -1.73. The first-order valence-electron chi connectivity index (χ1n) is 5.76. The van der Waals surface area contributed by atoms with E-state index in [0.29, 0.717) is 18.1 Å². The van der Waals surface area contributed by atoms with Crippen molar-refractivity contribution in [2.45, 2.75) is 46.0 Å². The molecule has 0 aromatic carbocycles. The van der Waals surface area contributed by atoms with Crippen LogP contribution in [0.2, 0.25) is 0 Å². The topological polar surface area (TPSA) is 86.4 Å². The molecule has 0 saturated carbocycles. The molecule has 0 amide bonds. The molecule has 1 fully saturated rings. The Morgan fingerprint density at radius 1 is 1.44 bits per heavy atom. The Bertz CT molecular complexity index is 322. The number of nitrogens with zero attached hydrogens (tertiary/aromatic N) is 3. The van der Waals surface area contributed by atoms with Crippen molar-refractivity contribution in [1.29, 1.82) is 0 Å². The van der Waals surface area contributed by atoms with Crippen LogP contribution < -0.4 is 0 Å². The van der Waals surface area contributed by atoms with Gasteiger partial charge >= 0.3 is 6.16 Å². The highest BCUT2D eigenvalue weighted by Crippen LogP contribution is 2.10. The first-order chi connectivity index (χ1) is 8.28. The number of carbonyl (C=O) groups is 1. The molecule has 8 nitrogen and oxygen atoms in total. The number of carbonyl (C=O) groups excluding carboxylic acids is 1. The van der Waals surface area contributed by atoms with Crippen LogP contribution in [-0.4, -0.2) is 41.1 Å². The molecule has 0 aromatic rings. The summed E-state index contributed by atoms with van der Waals surface area (Å²) in [5, 5.41) is 15.9. The third kappa shape index (κ3) is 5.07. The molecule has 18 heavy (non-hydrogen) atoms. The van der Waals surface area contributed by atoms with Gasteiger partial charge in [0.1, 0.15) is 5.60 Å². The summed E-state index contributed by atoms with van der Waals surface area (Å²) < 4.78 is 9.66. The Balaban J connectivity index is 2.28. The van der Waals surface area contributed by atoms with E-state index in [9.17, 15) is 10.0 Å². The number of hydrogen-bond donors (Lipinski definition) is 0. The average molecular weight is 261 g/mol. The van der Waals surface area contributed by atoms with Gasteiger partial charge in [-0.1, -0.05) is 0 Å². The van der Waals surface area contributed by atoms with Crippen molar-refractivity contribution >= 4 is 6.16 Å². The lowest BCUT2D eigenvalue weighted by Gasteiger charge is -2.25. The number of hydrogen-bond acceptors (Lipinski definition) is 6. The van der Waals surface area contributed by atoms with Crippen molar-refractivity contribution in [1.82, 2.24) is 5.01 Å². The van der Waals surface area contributed by atoms with Crippen molar-refractivity contribution in [3.63, 3.8) is 0 Å². The molecule has 0 aromatic heterocycles. The van der Waals surface area contributed by atoms with E-state index in [2.05, 4.69) is 5.28 Å². The summed E-state index contributed by atoms with van der Waals surface area (Å²) in [6, 6.07) is 0. The SMILES string of the molecule is CC(O/N=[N+](\[O-])N1CCC1)OC(=O)OC(C)(C)C. The molecule has 1 atom stereocenters. The maximum absolute atomic E-state index is 11.2. The zero-order valence-electron chi connectivity index (χ0n) is 11.1. The van der Waals surface area contributed by atoms with Gasteiger partial charge in [-0.3, -0.25) is 4.84 Å². The predicted molar refractivity (Wildman–Crippen MR) is 60.1 cm³/mol. The molecule has 1 unspecified atom stereocenters. The molecule has 0 spiro atoms. The smallest absolute Gasteiger partial charge is 0.511 e. The normalized spacial score (nSPS) is 17.8. The molecule has 1 rings (SSSR count). The van der Waals surface area contributed by atoms with E-state index in [1.54, 1.807) is 20.8 Å². The van der Waals surface area contributed by atoms with Crippen LogP contribution in [0, 0.1) is 5.21 Å². The van der Waals surface area contributed by atoms with Gasteiger partial charge in [0.2, 0.25) is 5.28 Å². The van der Waals surface area contributed by atoms with E-state index in [0.717, 1.165) is 6.42 Å². The Labute approximate surface area is 106 Å². The van der Waals surface area contributed by atoms with Crippen LogP contribution in [0.3, 0.4) is 0 Å². The van der Waals surface area contributed by atoms with Gasteiger partial charge in [0.25, 0.3) is 6.29 Å². The largest absolute Gasteiger partial charge is 0.569 e. The molecule has 1 saturated heterocycles. The van der Waals surface area contributed by atoms with Gasteiger partial charge in [-0.05, 0) is 27.2 Å². The van der Waals surface area contributed by atoms with Crippen LogP contribution in [0.4, 0.5) is 4.79 Å². The summed E-state index contributed by atoms with van der Waals surface area (Å²) in [7, 11) is 0. The van der Waals surface area contributed by atoms with Crippen LogP contribution in [0.1, 0.15) is 34.1 Å². The first-order valence-corrected chi connectivity index (χ1v) is 5.76. The Kier molecular flexibility index (Phi) is 4.57. The van der Waals surface area contributed by atoms with Crippen molar-refractivity contribution in [3.8, 4) is 0 Å². The number of rotatable bonds is 4. The van der Waals surface area contributed by atoms with E-state index in [-0.39, 0.29) is 0 Å². The molecule has 0 bridgehead atoms. The third-order valence-corrected chi connectivity index (χ3v) is 1.99. The predicted octanol–water partition coefficient (Wildman–Crippen LogP) is 1.80. The molecule has 0 N–H and O–H groups in total. The number of ether oxygens (including phenoxy) is 2. The van der Waals surface area contributed by atoms with E-state index in [1.165, 1.54) is 11.9 Å². The highest BCUT2D eigenvalue weighted by atomic mass is 16.8. The molecule has 0 aliphatic carbocycles. The van der Waals surface area contributed by atoms with Crippen LogP contribution in [0.15, 0.2) is 5.28 Å². The summed E-state index contributed by atoms with van der Waals surface area (Å²) in [6.45, 7) is 7.89. The highest BCUT2D eigenvalue weighted by Gasteiger charge is 2.23. The second-order valence-electron chi connectivity index (χ2n) is 4.90. The maximum Gasteiger partial charge on any atom is 0.511 e. The van der Waals surface area contributed by atoms with E-state index in [1.807, 2.05) is 0 Å². The van der Waals surface area contributed by atoms with Gasteiger partial charge in [0.15, 0.2) is 0 Å². The van der Waals surface area contributed by atoms with Gasteiger partial charge in [-0.2, -0.15) is 0 Å². The lowest BCUT2D eigenvalue weighted by atomic mass is 10.2. The van der Waals surface area contributed by atoms with E-state index < -0.39 is 18.0 Å². The van der Waals surface area contributed by atoms with Crippen molar-refractivity contribution in [3.05, 3.63) is 5.21 Å².